The molecule has 8 heteroatoms. The van der Waals surface area contributed by atoms with Crippen molar-refractivity contribution in [1.82, 2.24) is 25.1 Å². The summed E-state index contributed by atoms with van der Waals surface area (Å²) in [6, 6.07) is 9.27. The van der Waals surface area contributed by atoms with Crippen molar-refractivity contribution in [2.24, 2.45) is 0 Å². The van der Waals surface area contributed by atoms with Crippen molar-refractivity contribution in [2.45, 2.75) is 33.2 Å². The van der Waals surface area contributed by atoms with Crippen LogP contribution in [-0.2, 0) is 6.54 Å². The summed E-state index contributed by atoms with van der Waals surface area (Å²) in [5.41, 5.74) is 2.68. The molecule has 30 heavy (non-hydrogen) atoms. The van der Waals surface area contributed by atoms with E-state index in [9.17, 15) is 4.79 Å². The molecule has 4 rings (SSSR count). The van der Waals surface area contributed by atoms with Gasteiger partial charge in [0, 0.05) is 18.3 Å². The van der Waals surface area contributed by atoms with Crippen molar-refractivity contribution in [1.29, 1.82) is 0 Å². The fourth-order valence-electron chi connectivity index (χ4n) is 3.26. The molecule has 0 saturated heterocycles. The zero-order valence-electron chi connectivity index (χ0n) is 17.2. The van der Waals surface area contributed by atoms with Crippen LogP contribution in [0, 0.1) is 0 Å². The van der Waals surface area contributed by atoms with Crippen molar-refractivity contribution < 1.29 is 14.3 Å². The molecule has 0 radical (unpaired) electrons. The van der Waals surface area contributed by atoms with Gasteiger partial charge >= 0.3 is 0 Å². The fraction of sp³-hybridized carbons (Fsp3) is 0.364. The first kappa shape index (κ1) is 19.9. The molecule has 1 amide bonds. The second-order valence-electron chi connectivity index (χ2n) is 6.96. The Morgan fingerprint density at radius 3 is 2.80 bits per heavy atom. The van der Waals surface area contributed by atoms with Gasteiger partial charge in [0.15, 0.2) is 17.3 Å². The molecular formula is C22H25N5O3. The van der Waals surface area contributed by atoms with Crippen molar-refractivity contribution in [3.05, 3.63) is 42.2 Å². The molecule has 3 aromatic rings. The lowest BCUT2D eigenvalue weighted by Crippen LogP contribution is -2.35. The van der Waals surface area contributed by atoms with E-state index in [4.69, 9.17) is 9.47 Å². The third-order valence-electron chi connectivity index (χ3n) is 4.80. The maximum atomic E-state index is 12.0. The molecule has 2 aromatic heterocycles. The van der Waals surface area contributed by atoms with Crippen LogP contribution >= 0.6 is 0 Å². The van der Waals surface area contributed by atoms with E-state index in [0.29, 0.717) is 55.0 Å². The first-order valence-corrected chi connectivity index (χ1v) is 10.3. The minimum absolute atomic E-state index is 0.116. The fourth-order valence-corrected chi connectivity index (χ4v) is 3.26. The number of unbranched alkanes of at least 4 members (excludes halogenated alkanes) is 1. The van der Waals surface area contributed by atoms with Gasteiger partial charge in [-0.3, -0.25) is 9.48 Å². The molecule has 1 aliphatic heterocycles. The van der Waals surface area contributed by atoms with Gasteiger partial charge in [-0.05, 0) is 43.7 Å². The summed E-state index contributed by atoms with van der Waals surface area (Å²) >= 11 is 0. The normalized spacial score (nSPS) is 12.9. The highest BCUT2D eigenvalue weighted by atomic mass is 16.5. The van der Waals surface area contributed by atoms with Crippen molar-refractivity contribution in [2.75, 3.05) is 19.8 Å². The summed E-state index contributed by atoms with van der Waals surface area (Å²) in [4.78, 5) is 21.1. The smallest absolute Gasteiger partial charge is 0.269 e. The number of amides is 1. The summed E-state index contributed by atoms with van der Waals surface area (Å²) in [5, 5.41) is 7.35. The van der Waals surface area contributed by atoms with Crippen LogP contribution in [0.5, 0.6) is 11.5 Å². The number of hydrogen-bond donors (Lipinski definition) is 1. The lowest BCUT2D eigenvalue weighted by molar-refractivity contribution is 0.0924. The molecule has 0 atom stereocenters. The maximum absolute atomic E-state index is 12.0. The first-order valence-electron chi connectivity index (χ1n) is 10.3. The van der Waals surface area contributed by atoms with E-state index < -0.39 is 0 Å². The Labute approximate surface area is 175 Å². The largest absolute Gasteiger partial charge is 0.490 e. The Morgan fingerprint density at radius 2 is 2.00 bits per heavy atom. The van der Waals surface area contributed by atoms with Crippen molar-refractivity contribution >= 4 is 5.91 Å². The summed E-state index contributed by atoms with van der Waals surface area (Å²) < 4.78 is 13.3. The van der Waals surface area contributed by atoms with Gasteiger partial charge in [-0.15, -0.1) is 0 Å². The maximum Gasteiger partial charge on any atom is 0.269 e. The van der Waals surface area contributed by atoms with E-state index in [0.717, 1.165) is 24.2 Å². The topological polar surface area (TPSA) is 91.2 Å². The molecule has 0 fully saturated rings. The van der Waals surface area contributed by atoms with Crippen LogP contribution in [0.3, 0.4) is 0 Å². The van der Waals surface area contributed by atoms with Crippen LogP contribution in [-0.4, -0.2) is 45.4 Å². The number of rotatable bonds is 8. The van der Waals surface area contributed by atoms with Crippen LogP contribution in [0.4, 0.5) is 0 Å². The van der Waals surface area contributed by atoms with Crippen molar-refractivity contribution in [3.8, 4) is 34.3 Å². The zero-order chi connectivity index (χ0) is 20.9. The number of nitrogens with one attached hydrogen (secondary N) is 1. The standard InChI is InChI=1S/C22H25N5O3/c1-3-5-12-30-19-7-6-15(13-20(19)29-4-2)21-23-9-8-16(25-21)17-14-18-22(28)24-10-11-27(18)26-17/h6-9,13-14H,3-5,10-12H2,1-2H3,(H,24,28). The van der Waals surface area contributed by atoms with E-state index in [-0.39, 0.29) is 5.91 Å². The molecule has 156 valence electrons. The summed E-state index contributed by atoms with van der Waals surface area (Å²) in [6.45, 7) is 6.49. The summed E-state index contributed by atoms with van der Waals surface area (Å²) in [6.07, 6.45) is 3.76. The summed E-state index contributed by atoms with van der Waals surface area (Å²) in [5.74, 6) is 1.84. The van der Waals surface area contributed by atoms with E-state index in [1.165, 1.54) is 0 Å². The van der Waals surface area contributed by atoms with Crippen LogP contribution in [0.15, 0.2) is 36.5 Å². The highest BCUT2D eigenvalue weighted by Crippen LogP contribution is 2.32. The van der Waals surface area contributed by atoms with Crippen LogP contribution in [0.2, 0.25) is 0 Å². The van der Waals surface area contributed by atoms with Crippen LogP contribution < -0.4 is 14.8 Å². The van der Waals surface area contributed by atoms with Gasteiger partial charge in [0.25, 0.3) is 5.91 Å². The minimum Gasteiger partial charge on any atom is -0.490 e. The second-order valence-corrected chi connectivity index (χ2v) is 6.96. The average molecular weight is 407 g/mol. The number of nitrogens with zero attached hydrogens (tertiary/aromatic N) is 4. The monoisotopic (exact) mass is 407 g/mol. The third kappa shape index (κ3) is 4.12. The Hall–Kier alpha value is -3.42. The van der Waals surface area contributed by atoms with Gasteiger partial charge < -0.3 is 14.8 Å². The van der Waals surface area contributed by atoms with Gasteiger partial charge in [-0.25, -0.2) is 9.97 Å². The van der Waals surface area contributed by atoms with Gasteiger partial charge in [0.05, 0.1) is 25.5 Å². The lowest BCUT2D eigenvalue weighted by Gasteiger charge is -2.13. The molecule has 0 bridgehead atoms. The number of aromatic nitrogens is 4. The highest BCUT2D eigenvalue weighted by molar-refractivity contribution is 5.94. The van der Waals surface area contributed by atoms with Gasteiger partial charge in [-0.2, -0.15) is 5.10 Å². The molecular weight excluding hydrogens is 382 g/mol. The molecule has 8 nitrogen and oxygen atoms in total. The lowest BCUT2D eigenvalue weighted by atomic mass is 10.1. The van der Waals surface area contributed by atoms with Gasteiger partial charge in [0.2, 0.25) is 0 Å². The number of carbonyl (C=O) groups is 1. The Balaban J connectivity index is 1.63. The predicted octanol–water partition coefficient (Wildman–Crippen LogP) is 3.33. The van der Waals surface area contributed by atoms with E-state index >= 15 is 0 Å². The molecule has 1 aliphatic rings. The number of fused-ring (bicyclic) bond motifs is 1. The van der Waals surface area contributed by atoms with E-state index in [1.807, 2.05) is 25.1 Å². The Kier molecular flexibility index (Phi) is 5.92. The SMILES string of the molecule is CCCCOc1ccc(-c2nccc(-c3cc4n(n3)CCNC4=O)n2)cc1OCC. The number of ether oxygens (including phenoxy) is 2. The molecule has 0 aliphatic carbocycles. The molecule has 1 N–H and O–H groups in total. The van der Waals surface area contributed by atoms with Gasteiger partial charge in [-0.1, -0.05) is 13.3 Å². The summed E-state index contributed by atoms with van der Waals surface area (Å²) in [7, 11) is 0. The molecule has 3 heterocycles. The molecule has 1 aromatic carbocycles. The van der Waals surface area contributed by atoms with Crippen LogP contribution in [0.1, 0.15) is 37.2 Å². The third-order valence-corrected chi connectivity index (χ3v) is 4.80. The highest BCUT2D eigenvalue weighted by Gasteiger charge is 2.20. The quantitative estimate of drug-likeness (QED) is 0.576. The van der Waals surface area contributed by atoms with E-state index in [1.54, 1.807) is 23.0 Å². The number of carbonyl (C=O) groups excluding carboxylic acids is 1. The molecule has 0 spiro atoms. The van der Waals surface area contributed by atoms with Gasteiger partial charge in [0.1, 0.15) is 11.4 Å². The average Bonchev–Trinajstić information content (AvgIpc) is 3.21. The number of hydrogen-bond acceptors (Lipinski definition) is 6. The van der Waals surface area contributed by atoms with Crippen molar-refractivity contribution in [3.63, 3.8) is 0 Å². The second kappa shape index (κ2) is 8.94. The Morgan fingerprint density at radius 1 is 1.10 bits per heavy atom. The molecule has 0 unspecified atom stereocenters. The first-order chi connectivity index (χ1) is 14.7. The van der Waals surface area contributed by atoms with Crippen LogP contribution in [0.25, 0.3) is 22.8 Å². The predicted molar refractivity (Wildman–Crippen MR) is 113 cm³/mol. The zero-order valence-corrected chi connectivity index (χ0v) is 17.2. The van der Waals surface area contributed by atoms with E-state index in [2.05, 4.69) is 27.3 Å². The Bertz CT molecular complexity index is 1050. The minimum atomic E-state index is -0.116. The number of benzene rings is 1. The molecule has 0 saturated carbocycles.